The van der Waals surface area contributed by atoms with Gasteiger partial charge in [0.05, 0.1) is 25.2 Å². The summed E-state index contributed by atoms with van der Waals surface area (Å²) < 4.78 is 4.70. The molecular weight excluding hydrogens is 331 g/mol. The van der Waals surface area contributed by atoms with E-state index in [4.69, 9.17) is 10.5 Å². The van der Waals surface area contributed by atoms with Crippen molar-refractivity contribution < 1.29 is 14.3 Å². The van der Waals surface area contributed by atoms with E-state index < -0.39 is 18.1 Å². The first kappa shape index (κ1) is 23.0. The maximum absolute atomic E-state index is 12.0. The van der Waals surface area contributed by atoms with Gasteiger partial charge in [-0.05, 0) is 5.92 Å². The van der Waals surface area contributed by atoms with E-state index in [2.05, 4.69) is 15.3 Å². The van der Waals surface area contributed by atoms with Crippen molar-refractivity contribution in [2.45, 2.75) is 38.8 Å². The first-order valence-corrected chi connectivity index (χ1v) is 6.61. The van der Waals surface area contributed by atoms with Crippen LogP contribution in [0.5, 0.6) is 0 Å². The third-order valence-electron chi connectivity index (χ3n) is 3.33. The Hall–Kier alpha value is -1.31. The van der Waals surface area contributed by atoms with Gasteiger partial charge >= 0.3 is 5.97 Å². The molecule has 0 aliphatic rings. The maximum Gasteiger partial charge on any atom is 0.328 e. The second kappa shape index (κ2) is 11.3. The topological polar surface area (TPSA) is 110 Å². The number of imidazole rings is 1. The normalized spacial score (nSPS) is 13.8. The Labute approximate surface area is 142 Å². The average molecular weight is 355 g/mol. The molecule has 1 aromatic heterocycles. The minimum Gasteiger partial charge on any atom is -0.467 e. The lowest BCUT2D eigenvalue weighted by molar-refractivity contribution is -0.145. The number of nitrogens with one attached hydrogen (secondary N) is 2. The number of methoxy groups -OCH3 is 1. The molecule has 1 aromatic rings. The van der Waals surface area contributed by atoms with Gasteiger partial charge in [0.25, 0.3) is 0 Å². The zero-order chi connectivity index (χ0) is 15.1. The number of ether oxygens (including phenoxy) is 1. The maximum atomic E-state index is 12.0. The van der Waals surface area contributed by atoms with Crippen LogP contribution >= 0.6 is 24.8 Å². The molecule has 0 saturated carbocycles. The van der Waals surface area contributed by atoms with Gasteiger partial charge in [-0.15, -0.1) is 24.8 Å². The number of carbonyl (C=O) groups is 2. The van der Waals surface area contributed by atoms with E-state index in [9.17, 15) is 9.59 Å². The van der Waals surface area contributed by atoms with E-state index >= 15 is 0 Å². The first-order chi connectivity index (χ1) is 9.49. The van der Waals surface area contributed by atoms with Crippen LogP contribution in [-0.2, 0) is 20.7 Å². The van der Waals surface area contributed by atoms with Crippen molar-refractivity contribution in [1.29, 1.82) is 0 Å². The predicted octanol–water partition coefficient (Wildman–Crippen LogP) is 0.827. The number of hydrogen-bond acceptors (Lipinski definition) is 5. The van der Waals surface area contributed by atoms with Gasteiger partial charge < -0.3 is 20.8 Å². The van der Waals surface area contributed by atoms with Crippen molar-refractivity contribution in [3.63, 3.8) is 0 Å². The van der Waals surface area contributed by atoms with Crippen LogP contribution in [0.15, 0.2) is 12.5 Å². The molecule has 1 amide bonds. The molecule has 0 saturated heterocycles. The number of aromatic nitrogens is 2. The Morgan fingerprint density at radius 1 is 1.45 bits per heavy atom. The number of aromatic amines is 1. The molecule has 7 nitrogen and oxygen atoms in total. The number of nitrogens with two attached hydrogens (primary N) is 1. The Morgan fingerprint density at radius 2 is 2.09 bits per heavy atom. The molecule has 22 heavy (non-hydrogen) atoms. The fraction of sp³-hybridized carbons (Fsp3) is 0.615. The molecule has 0 fully saturated rings. The van der Waals surface area contributed by atoms with E-state index in [1.807, 2.05) is 13.8 Å². The molecule has 0 spiro atoms. The Bertz CT molecular complexity index is 443. The Balaban J connectivity index is 0. The third-order valence-corrected chi connectivity index (χ3v) is 3.33. The number of halogens is 2. The number of esters is 1. The lowest BCUT2D eigenvalue weighted by Gasteiger charge is -2.21. The van der Waals surface area contributed by atoms with Gasteiger partial charge in [-0.25, -0.2) is 9.78 Å². The SMILES string of the molecule is CC[C@H](C)[C@H](N)C(=O)N[C@@H](Cc1c[nH]cn1)C(=O)OC.Cl.Cl. The predicted molar refractivity (Wildman–Crippen MR) is 88.2 cm³/mol. The van der Waals surface area contributed by atoms with Gasteiger partial charge in [0, 0.05) is 12.6 Å². The highest BCUT2D eigenvalue weighted by Crippen LogP contribution is 2.07. The molecule has 0 aromatic carbocycles. The number of nitrogens with zero attached hydrogens (tertiary/aromatic N) is 1. The van der Waals surface area contributed by atoms with Crippen molar-refractivity contribution in [3.05, 3.63) is 18.2 Å². The summed E-state index contributed by atoms with van der Waals surface area (Å²) in [4.78, 5) is 30.6. The van der Waals surface area contributed by atoms with E-state index in [0.717, 1.165) is 6.42 Å². The lowest BCUT2D eigenvalue weighted by Crippen LogP contribution is -2.51. The van der Waals surface area contributed by atoms with Gasteiger partial charge in [0.15, 0.2) is 0 Å². The van der Waals surface area contributed by atoms with Crippen molar-refractivity contribution in [2.24, 2.45) is 11.7 Å². The number of H-pyrrole nitrogens is 1. The van der Waals surface area contributed by atoms with Crippen LogP contribution in [0, 0.1) is 5.92 Å². The van der Waals surface area contributed by atoms with Crippen LogP contribution in [-0.4, -0.2) is 41.0 Å². The van der Waals surface area contributed by atoms with Gasteiger partial charge in [0.1, 0.15) is 6.04 Å². The van der Waals surface area contributed by atoms with Crippen LogP contribution < -0.4 is 11.1 Å². The van der Waals surface area contributed by atoms with Crippen molar-refractivity contribution in [1.82, 2.24) is 15.3 Å². The Kier molecular flexibility index (Phi) is 11.8. The highest BCUT2D eigenvalue weighted by atomic mass is 35.5. The summed E-state index contributed by atoms with van der Waals surface area (Å²) in [5.41, 5.74) is 6.51. The van der Waals surface area contributed by atoms with Crippen molar-refractivity contribution in [2.75, 3.05) is 7.11 Å². The fourth-order valence-electron chi connectivity index (χ4n) is 1.73. The highest BCUT2D eigenvalue weighted by Gasteiger charge is 2.27. The average Bonchev–Trinajstić information content (AvgIpc) is 2.96. The number of hydrogen-bond donors (Lipinski definition) is 3. The molecule has 1 rings (SSSR count). The van der Waals surface area contributed by atoms with Crippen LogP contribution in [0.1, 0.15) is 26.0 Å². The largest absolute Gasteiger partial charge is 0.467 e. The Morgan fingerprint density at radius 3 is 2.55 bits per heavy atom. The third kappa shape index (κ3) is 6.64. The first-order valence-electron chi connectivity index (χ1n) is 6.61. The van der Waals surface area contributed by atoms with Crippen LogP contribution in [0.25, 0.3) is 0 Å². The van der Waals surface area contributed by atoms with Crippen LogP contribution in [0.3, 0.4) is 0 Å². The minimum atomic E-state index is -0.786. The molecule has 4 N–H and O–H groups in total. The summed E-state index contributed by atoms with van der Waals surface area (Å²) in [6, 6.07) is -1.43. The van der Waals surface area contributed by atoms with Crippen LogP contribution in [0.4, 0.5) is 0 Å². The van der Waals surface area contributed by atoms with Crippen LogP contribution in [0.2, 0.25) is 0 Å². The zero-order valence-corrected chi connectivity index (χ0v) is 14.5. The number of amides is 1. The van der Waals surface area contributed by atoms with Gasteiger partial charge in [-0.2, -0.15) is 0 Å². The van der Waals surface area contributed by atoms with E-state index in [1.54, 1.807) is 6.20 Å². The minimum absolute atomic E-state index is 0. The summed E-state index contributed by atoms with van der Waals surface area (Å²) in [5.74, 6) is -0.832. The number of rotatable bonds is 7. The second-order valence-electron chi connectivity index (χ2n) is 4.76. The molecule has 9 heteroatoms. The summed E-state index contributed by atoms with van der Waals surface area (Å²) in [7, 11) is 1.28. The zero-order valence-electron chi connectivity index (χ0n) is 12.9. The fourth-order valence-corrected chi connectivity index (χ4v) is 1.73. The van der Waals surface area contributed by atoms with Gasteiger partial charge in [0.2, 0.25) is 5.91 Å². The molecule has 0 bridgehead atoms. The molecule has 0 aliphatic carbocycles. The molecule has 0 radical (unpaired) electrons. The molecule has 3 atom stereocenters. The standard InChI is InChI=1S/C13H22N4O3.2ClH/c1-4-8(2)11(14)12(18)17-10(13(19)20-3)5-9-6-15-7-16-9;;/h6-8,10-11H,4-5,14H2,1-3H3,(H,15,16)(H,17,18);2*1H/t8-,10-,11-;;/m0../s1. The molecule has 1 heterocycles. The summed E-state index contributed by atoms with van der Waals surface area (Å²) >= 11 is 0. The quantitative estimate of drug-likeness (QED) is 0.628. The van der Waals surface area contributed by atoms with Crippen molar-refractivity contribution >= 4 is 36.7 Å². The van der Waals surface area contributed by atoms with E-state index in [-0.39, 0.29) is 43.1 Å². The molecule has 128 valence electrons. The summed E-state index contributed by atoms with van der Waals surface area (Å²) in [5, 5.41) is 2.63. The van der Waals surface area contributed by atoms with Crippen molar-refractivity contribution in [3.8, 4) is 0 Å². The van der Waals surface area contributed by atoms with E-state index in [1.165, 1.54) is 13.4 Å². The van der Waals surface area contributed by atoms with Gasteiger partial charge in [-0.1, -0.05) is 20.3 Å². The highest BCUT2D eigenvalue weighted by molar-refractivity contribution is 5.87. The monoisotopic (exact) mass is 354 g/mol. The summed E-state index contributed by atoms with van der Waals surface area (Å²) in [6.45, 7) is 3.85. The lowest BCUT2D eigenvalue weighted by atomic mass is 9.99. The molecular formula is C13H24Cl2N4O3. The van der Waals surface area contributed by atoms with Gasteiger partial charge in [-0.3, -0.25) is 4.79 Å². The molecule has 0 unspecified atom stereocenters. The molecule has 0 aliphatic heterocycles. The number of carbonyl (C=O) groups excluding carboxylic acids is 2. The smallest absolute Gasteiger partial charge is 0.328 e. The second-order valence-corrected chi connectivity index (χ2v) is 4.76. The van der Waals surface area contributed by atoms with E-state index in [0.29, 0.717) is 5.69 Å². The summed E-state index contributed by atoms with van der Waals surface area (Å²) in [6.07, 6.45) is 4.22.